The van der Waals surface area contributed by atoms with Crippen LogP contribution < -0.4 is 0 Å². The molecule has 22 heavy (non-hydrogen) atoms. The van der Waals surface area contributed by atoms with E-state index in [4.69, 9.17) is 34.8 Å². The molecule has 0 spiro atoms. The summed E-state index contributed by atoms with van der Waals surface area (Å²) in [6.45, 7) is 6.66. The first kappa shape index (κ1) is 23.6. The zero-order valence-corrected chi connectivity index (χ0v) is 18.3. The van der Waals surface area contributed by atoms with Gasteiger partial charge in [-0.15, -0.1) is 0 Å². The van der Waals surface area contributed by atoms with Crippen LogP contribution >= 0.6 is 56.4 Å². The number of halogens is 3. The second kappa shape index (κ2) is 14.9. The number of alkyl halides is 3. The minimum Gasteiger partial charge on any atom is -0.0940 e. The van der Waals surface area contributed by atoms with Gasteiger partial charge in [-0.1, -0.05) is 129 Å². The summed E-state index contributed by atoms with van der Waals surface area (Å²) in [6, 6.07) is 0. The fraction of sp³-hybridized carbons (Fsp3) is 1.00. The van der Waals surface area contributed by atoms with Crippen LogP contribution in [0.4, 0.5) is 0 Å². The highest BCUT2D eigenvalue weighted by atomic mass is 35.6. The predicted molar refractivity (Wildman–Crippen MR) is 111 cm³/mol. The molecule has 1 atom stereocenters. The Hall–Kier alpha value is 1.57. The van der Waals surface area contributed by atoms with Gasteiger partial charge in [-0.25, -0.2) is 0 Å². The second-order valence-electron chi connectivity index (χ2n) is 5.92. The summed E-state index contributed by atoms with van der Waals surface area (Å²) >= 11 is 18.9. The molecule has 0 saturated heterocycles. The van der Waals surface area contributed by atoms with Gasteiger partial charge < -0.3 is 0 Å². The average molecular weight is 408 g/mol. The van der Waals surface area contributed by atoms with E-state index >= 15 is 0 Å². The van der Waals surface area contributed by atoms with E-state index in [9.17, 15) is 0 Å². The molecule has 0 amide bonds. The topological polar surface area (TPSA) is 0 Å². The molecule has 0 aliphatic heterocycles. The van der Waals surface area contributed by atoms with Gasteiger partial charge in [-0.2, -0.15) is 0 Å². The summed E-state index contributed by atoms with van der Waals surface area (Å²) in [7, 11) is 3.61. The molecule has 5 heteroatoms. The van der Waals surface area contributed by atoms with Gasteiger partial charge in [0, 0.05) is 5.75 Å². The Bertz CT molecular complexity index is 233. The standard InChI is InChI=1S/C17H33Cl3S2/c1-4-7-9-11-13-15(14-12-10-8-5-2)16(17(18,19)20)22-21-6-3/h15-16H,4-14H2,1-3H3. The van der Waals surface area contributed by atoms with E-state index in [0.29, 0.717) is 5.92 Å². The average Bonchev–Trinajstić information content (AvgIpc) is 2.46. The van der Waals surface area contributed by atoms with Crippen LogP contribution in [0.3, 0.4) is 0 Å². The molecule has 0 aromatic carbocycles. The Morgan fingerprint density at radius 1 is 0.773 bits per heavy atom. The van der Waals surface area contributed by atoms with Gasteiger partial charge in [0.2, 0.25) is 3.79 Å². The van der Waals surface area contributed by atoms with Crippen LogP contribution in [-0.4, -0.2) is 14.8 Å². The van der Waals surface area contributed by atoms with Gasteiger partial charge >= 0.3 is 0 Å². The van der Waals surface area contributed by atoms with Crippen LogP contribution in [0.15, 0.2) is 0 Å². The van der Waals surface area contributed by atoms with Gasteiger partial charge in [0.15, 0.2) is 0 Å². The molecule has 0 aromatic rings. The molecule has 0 nitrogen and oxygen atoms in total. The molecule has 1 unspecified atom stereocenters. The van der Waals surface area contributed by atoms with Crippen molar-refractivity contribution >= 4 is 56.4 Å². The van der Waals surface area contributed by atoms with Crippen molar-refractivity contribution in [3.8, 4) is 0 Å². The lowest BCUT2D eigenvalue weighted by molar-refractivity contribution is 0.396. The van der Waals surface area contributed by atoms with Crippen molar-refractivity contribution in [2.24, 2.45) is 5.92 Å². The SMILES string of the molecule is CCCCCCC(CCCCCC)C(SSCC)C(Cl)(Cl)Cl. The van der Waals surface area contributed by atoms with Crippen molar-refractivity contribution in [3.63, 3.8) is 0 Å². The Balaban J connectivity index is 4.57. The zero-order valence-electron chi connectivity index (χ0n) is 14.4. The Labute approximate surface area is 161 Å². The number of unbranched alkanes of at least 4 members (excludes halogenated alkanes) is 6. The number of rotatable bonds is 14. The summed E-state index contributed by atoms with van der Waals surface area (Å²) in [5.41, 5.74) is 0. The molecule has 0 fully saturated rings. The largest absolute Gasteiger partial charge is 0.203 e. The normalized spacial score (nSPS) is 13.8. The lowest BCUT2D eigenvalue weighted by Crippen LogP contribution is -2.30. The summed E-state index contributed by atoms with van der Waals surface area (Å²) < 4.78 is -1.16. The van der Waals surface area contributed by atoms with Crippen molar-refractivity contribution in [2.75, 3.05) is 5.75 Å². The van der Waals surface area contributed by atoms with Crippen LogP contribution in [0.25, 0.3) is 0 Å². The summed E-state index contributed by atoms with van der Waals surface area (Å²) in [6.07, 6.45) is 12.7. The molecule has 0 bridgehead atoms. The third-order valence-electron chi connectivity index (χ3n) is 3.90. The molecule has 134 valence electrons. The maximum absolute atomic E-state index is 6.31. The molecule has 0 rings (SSSR count). The molecular weight excluding hydrogens is 375 g/mol. The van der Waals surface area contributed by atoms with E-state index in [0.717, 1.165) is 5.75 Å². The first-order chi connectivity index (χ1) is 10.5. The van der Waals surface area contributed by atoms with Gasteiger partial charge in [-0.3, -0.25) is 0 Å². The van der Waals surface area contributed by atoms with Crippen molar-refractivity contribution in [1.82, 2.24) is 0 Å². The molecule has 0 N–H and O–H groups in total. The molecule has 0 heterocycles. The molecule has 0 aliphatic rings. The van der Waals surface area contributed by atoms with Gasteiger partial charge in [0.1, 0.15) is 0 Å². The molecule has 0 aliphatic carbocycles. The van der Waals surface area contributed by atoms with Gasteiger partial charge in [0.25, 0.3) is 0 Å². The highest BCUT2D eigenvalue weighted by molar-refractivity contribution is 8.77. The van der Waals surface area contributed by atoms with Crippen LogP contribution in [0.1, 0.15) is 85.0 Å². The van der Waals surface area contributed by atoms with Crippen molar-refractivity contribution in [2.45, 2.75) is 94.0 Å². The van der Waals surface area contributed by atoms with Crippen LogP contribution in [0, 0.1) is 5.92 Å². The summed E-state index contributed by atoms with van der Waals surface area (Å²) in [4.78, 5) is 0. The van der Waals surface area contributed by atoms with E-state index in [2.05, 4.69) is 20.8 Å². The van der Waals surface area contributed by atoms with Gasteiger partial charge in [-0.05, 0) is 18.8 Å². The summed E-state index contributed by atoms with van der Waals surface area (Å²) in [5, 5.41) is 0.103. The monoisotopic (exact) mass is 406 g/mol. The highest BCUT2D eigenvalue weighted by Gasteiger charge is 2.38. The summed E-state index contributed by atoms with van der Waals surface area (Å²) in [5.74, 6) is 1.57. The first-order valence-electron chi connectivity index (χ1n) is 8.82. The maximum Gasteiger partial charge on any atom is 0.203 e. The van der Waals surface area contributed by atoms with E-state index in [-0.39, 0.29) is 5.25 Å². The molecule has 0 saturated carbocycles. The highest BCUT2D eigenvalue weighted by Crippen LogP contribution is 2.48. The molecular formula is C17H33Cl3S2. The Morgan fingerprint density at radius 2 is 1.27 bits per heavy atom. The number of hydrogen-bond acceptors (Lipinski definition) is 2. The predicted octanol–water partition coefficient (Wildman–Crippen LogP) is 8.68. The zero-order chi connectivity index (χ0) is 16.8. The Kier molecular flexibility index (Phi) is 15.9. The van der Waals surface area contributed by atoms with Crippen LogP contribution in [0.5, 0.6) is 0 Å². The van der Waals surface area contributed by atoms with E-state index in [1.807, 2.05) is 10.8 Å². The van der Waals surface area contributed by atoms with Crippen molar-refractivity contribution in [1.29, 1.82) is 0 Å². The third kappa shape index (κ3) is 12.0. The third-order valence-corrected chi connectivity index (χ3v) is 8.05. The number of hydrogen-bond donors (Lipinski definition) is 0. The quantitative estimate of drug-likeness (QED) is 0.160. The lowest BCUT2D eigenvalue weighted by atomic mass is 9.92. The van der Waals surface area contributed by atoms with Crippen molar-refractivity contribution in [3.05, 3.63) is 0 Å². The van der Waals surface area contributed by atoms with Crippen LogP contribution in [0.2, 0.25) is 0 Å². The van der Waals surface area contributed by atoms with E-state index < -0.39 is 3.79 Å². The minimum atomic E-state index is -1.16. The van der Waals surface area contributed by atoms with Crippen LogP contribution in [-0.2, 0) is 0 Å². The van der Waals surface area contributed by atoms with E-state index in [1.54, 1.807) is 10.8 Å². The minimum absolute atomic E-state index is 0.103. The first-order valence-corrected chi connectivity index (χ1v) is 12.3. The fourth-order valence-corrected chi connectivity index (χ4v) is 6.64. The fourth-order valence-electron chi connectivity index (χ4n) is 2.66. The Morgan fingerprint density at radius 3 is 1.64 bits per heavy atom. The molecule has 0 radical (unpaired) electrons. The van der Waals surface area contributed by atoms with Gasteiger partial charge in [0.05, 0.1) is 5.25 Å². The van der Waals surface area contributed by atoms with Crippen molar-refractivity contribution < 1.29 is 0 Å². The smallest absolute Gasteiger partial charge is 0.0940 e. The molecule has 0 aromatic heterocycles. The van der Waals surface area contributed by atoms with E-state index in [1.165, 1.54) is 64.2 Å². The maximum atomic E-state index is 6.31. The lowest BCUT2D eigenvalue weighted by Gasteiger charge is -2.31. The second-order valence-corrected chi connectivity index (χ2v) is 11.1.